The van der Waals surface area contributed by atoms with E-state index in [-0.39, 0.29) is 30.0 Å². The molecule has 0 spiro atoms. The van der Waals surface area contributed by atoms with Gasteiger partial charge in [0.1, 0.15) is 6.61 Å². The molecule has 0 radical (unpaired) electrons. The number of hydrogen-bond donors (Lipinski definition) is 2. The third-order valence-electron chi connectivity index (χ3n) is 3.78. The molecule has 1 N–H and O–H groups in total. The van der Waals surface area contributed by atoms with Gasteiger partial charge in [-0.15, -0.1) is 0 Å². The van der Waals surface area contributed by atoms with E-state index in [9.17, 15) is 9.59 Å². The largest absolute Gasteiger partial charge is 0.465 e. The number of nitrogens with one attached hydrogen (secondary N) is 1. The fraction of sp³-hybridized carbons (Fsp3) is 0.412. The van der Waals surface area contributed by atoms with Gasteiger partial charge in [-0.05, 0) is 24.6 Å². The maximum atomic E-state index is 12.1. The van der Waals surface area contributed by atoms with E-state index in [0.29, 0.717) is 18.7 Å². The minimum Gasteiger partial charge on any atom is -0.465 e. The number of nitrogens with zero attached hydrogens (tertiary/aromatic N) is 1. The van der Waals surface area contributed by atoms with Crippen LogP contribution in [-0.4, -0.2) is 55.1 Å². The molecule has 1 saturated heterocycles. The fourth-order valence-electron chi connectivity index (χ4n) is 2.63. The van der Waals surface area contributed by atoms with Gasteiger partial charge in [-0.2, -0.15) is 12.6 Å². The number of anilines is 1. The molecule has 0 bridgehead atoms. The zero-order valence-corrected chi connectivity index (χ0v) is 14.5. The Morgan fingerprint density at radius 3 is 3.00 bits per heavy atom. The number of likely N-dealkylation sites (tertiary alicyclic amines) is 1. The van der Waals surface area contributed by atoms with Crippen molar-refractivity contribution < 1.29 is 19.1 Å². The second-order valence-electron chi connectivity index (χ2n) is 5.51. The van der Waals surface area contributed by atoms with Crippen LogP contribution >= 0.6 is 12.6 Å². The van der Waals surface area contributed by atoms with Crippen LogP contribution < -0.4 is 5.32 Å². The van der Waals surface area contributed by atoms with E-state index in [4.69, 9.17) is 9.47 Å². The number of carbonyl (C=O) groups excluding carboxylic acids is 2. The predicted molar refractivity (Wildman–Crippen MR) is 95.7 cm³/mol. The van der Waals surface area contributed by atoms with Crippen molar-refractivity contribution in [1.82, 2.24) is 4.90 Å². The lowest BCUT2D eigenvalue weighted by molar-refractivity contribution is 0.0600. The van der Waals surface area contributed by atoms with Crippen LogP contribution in [0.25, 0.3) is 0 Å². The summed E-state index contributed by atoms with van der Waals surface area (Å²) in [5.74, 6) is -0.385. The van der Waals surface area contributed by atoms with Crippen LogP contribution in [0.15, 0.2) is 36.9 Å². The molecule has 1 amide bonds. The van der Waals surface area contributed by atoms with Gasteiger partial charge in [0.15, 0.2) is 0 Å². The quantitative estimate of drug-likeness (QED) is 0.469. The van der Waals surface area contributed by atoms with E-state index in [2.05, 4.69) is 24.5 Å². The Hall–Kier alpha value is -2.15. The van der Waals surface area contributed by atoms with Crippen molar-refractivity contribution in [3.63, 3.8) is 0 Å². The molecule has 1 unspecified atom stereocenters. The van der Waals surface area contributed by atoms with E-state index in [0.717, 1.165) is 12.1 Å². The van der Waals surface area contributed by atoms with Crippen molar-refractivity contribution in [1.29, 1.82) is 0 Å². The first kappa shape index (κ1) is 18.2. The number of rotatable bonds is 6. The average molecular weight is 350 g/mol. The Balaban J connectivity index is 1.97. The number of benzene rings is 1. The van der Waals surface area contributed by atoms with Gasteiger partial charge in [-0.25, -0.2) is 9.59 Å². The molecular weight excluding hydrogens is 328 g/mol. The summed E-state index contributed by atoms with van der Waals surface area (Å²) in [6, 6.07) is 7.03. The first-order valence-corrected chi connectivity index (χ1v) is 8.21. The molecule has 2 rings (SSSR count). The summed E-state index contributed by atoms with van der Waals surface area (Å²) in [6.45, 7) is 4.82. The van der Waals surface area contributed by atoms with Crippen LogP contribution in [-0.2, 0) is 9.47 Å². The first-order chi connectivity index (χ1) is 11.5. The molecular formula is C17H22N2O4S. The monoisotopic (exact) mass is 350 g/mol. The highest BCUT2D eigenvalue weighted by Gasteiger charge is 2.34. The molecule has 1 aliphatic heterocycles. The van der Waals surface area contributed by atoms with Crippen LogP contribution in [0.5, 0.6) is 0 Å². The van der Waals surface area contributed by atoms with Gasteiger partial charge in [-0.3, -0.25) is 0 Å². The Morgan fingerprint density at radius 2 is 2.29 bits per heavy atom. The lowest BCUT2D eigenvalue weighted by Crippen LogP contribution is -2.40. The number of ether oxygens (including phenoxy) is 2. The summed E-state index contributed by atoms with van der Waals surface area (Å²) in [4.78, 5) is 25.3. The lowest BCUT2D eigenvalue weighted by Gasteiger charge is -2.24. The van der Waals surface area contributed by atoms with E-state index < -0.39 is 0 Å². The second-order valence-corrected chi connectivity index (χ2v) is 6.24. The molecule has 130 valence electrons. The summed E-state index contributed by atoms with van der Waals surface area (Å²) in [7, 11) is 1.35. The van der Waals surface area contributed by atoms with Gasteiger partial charge in [0, 0.05) is 24.0 Å². The number of hydrogen-bond acceptors (Lipinski definition) is 6. The Kier molecular flexibility index (Phi) is 6.54. The summed E-state index contributed by atoms with van der Waals surface area (Å²) in [5.41, 5.74) is 1.27. The molecule has 1 fully saturated rings. The van der Waals surface area contributed by atoms with E-state index in [1.807, 2.05) is 6.07 Å². The Bertz CT molecular complexity index is 608. The van der Waals surface area contributed by atoms with E-state index in [1.54, 1.807) is 23.1 Å². The van der Waals surface area contributed by atoms with Crippen molar-refractivity contribution in [2.45, 2.75) is 17.7 Å². The summed E-state index contributed by atoms with van der Waals surface area (Å²) in [6.07, 6.45) is 1.95. The van der Waals surface area contributed by atoms with E-state index >= 15 is 0 Å². The number of carbonyl (C=O) groups is 2. The van der Waals surface area contributed by atoms with Crippen LogP contribution in [0.1, 0.15) is 16.8 Å². The van der Waals surface area contributed by atoms with Gasteiger partial charge < -0.3 is 19.7 Å². The molecule has 24 heavy (non-hydrogen) atoms. The van der Waals surface area contributed by atoms with Crippen LogP contribution in [0.4, 0.5) is 10.5 Å². The number of methoxy groups -OCH3 is 1. The average Bonchev–Trinajstić information content (AvgIpc) is 2.98. The maximum Gasteiger partial charge on any atom is 0.410 e. The number of amides is 1. The van der Waals surface area contributed by atoms with Crippen LogP contribution in [0.2, 0.25) is 0 Å². The zero-order chi connectivity index (χ0) is 17.5. The summed E-state index contributed by atoms with van der Waals surface area (Å²) in [5, 5.41) is 3.38. The molecule has 1 heterocycles. The summed E-state index contributed by atoms with van der Waals surface area (Å²) < 4.78 is 9.83. The van der Waals surface area contributed by atoms with Gasteiger partial charge >= 0.3 is 12.1 Å². The number of esters is 1. The molecule has 0 saturated carbocycles. The van der Waals surface area contributed by atoms with Crippen LogP contribution in [0, 0.1) is 0 Å². The Labute approximate surface area is 147 Å². The van der Waals surface area contributed by atoms with Gasteiger partial charge in [0.25, 0.3) is 0 Å². The molecule has 0 aliphatic carbocycles. The second kappa shape index (κ2) is 8.63. The van der Waals surface area contributed by atoms with Crippen molar-refractivity contribution in [3.05, 3.63) is 42.5 Å². The standard InChI is InChI=1S/C17H22N2O4S/c1-3-7-23-17(21)19-11-15(24)9-14(19)10-18-13-6-4-5-12(8-13)16(20)22-2/h3-6,8,14-15,18,24H,1,7,9-11H2,2H3/t14-,15?/m0/s1. The van der Waals surface area contributed by atoms with Crippen molar-refractivity contribution in [2.75, 3.05) is 32.1 Å². The molecule has 2 atom stereocenters. The molecule has 6 nitrogen and oxygen atoms in total. The molecule has 1 aromatic carbocycles. The van der Waals surface area contributed by atoms with Crippen molar-refractivity contribution in [3.8, 4) is 0 Å². The highest BCUT2D eigenvalue weighted by Crippen LogP contribution is 2.23. The van der Waals surface area contributed by atoms with Crippen LogP contribution in [0.3, 0.4) is 0 Å². The minimum atomic E-state index is -0.385. The number of thiol groups is 1. The third kappa shape index (κ3) is 4.67. The maximum absolute atomic E-state index is 12.1. The topological polar surface area (TPSA) is 67.9 Å². The highest BCUT2D eigenvalue weighted by molar-refractivity contribution is 7.81. The van der Waals surface area contributed by atoms with Crippen molar-refractivity contribution >= 4 is 30.4 Å². The van der Waals surface area contributed by atoms with E-state index in [1.165, 1.54) is 13.2 Å². The highest BCUT2D eigenvalue weighted by atomic mass is 32.1. The molecule has 1 aromatic rings. The minimum absolute atomic E-state index is 0.0217. The molecule has 7 heteroatoms. The third-order valence-corrected chi connectivity index (χ3v) is 4.15. The van der Waals surface area contributed by atoms with Gasteiger partial charge in [0.05, 0.1) is 18.7 Å². The fourth-order valence-corrected chi connectivity index (χ4v) is 3.05. The Morgan fingerprint density at radius 1 is 1.50 bits per heavy atom. The zero-order valence-electron chi connectivity index (χ0n) is 13.6. The van der Waals surface area contributed by atoms with Crippen molar-refractivity contribution in [2.24, 2.45) is 0 Å². The molecule has 0 aromatic heterocycles. The molecule has 1 aliphatic rings. The van der Waals surface area contributed by atoms with Gasteiger partial charge in [0.2, 0.25) is 0 Å². The normalized spacial score (nSPS) is 19.7. The van der Waals surface area contributed by atoms with Gasteiger partial charge in [-0.1, -0.05) is 18.7 Å². The lowest BCUT2D eigenvalue weighted by atomic mass is 10.2. The first-order valence-electron chi connectivity index (χ1n) is 7.69. The predicted octanol–water partition coefficient (Wildman–Crippen LogP) is 2.58. The summed E-state index contributed by atoms with van der Waals surface area (Å²) >= 11 is 4.47. The smallest absolute Gasteiger partial charge is 0.410 e. The SMILES string of the molecule is C=CCOC(=O)N1CC(S)C[C@H]1CNc1cccc(C(=O)OC)c1.